The second kappa shape index (κ2) is 12.9. The van der Waals surface area contributed by atoms with Crippen molar-refractivity contribution in [2.45, 2.75) is 51.9 Å². The summed E-state index contributed by atoms with van der Waals surface area (Å²) < 4.78 is 19.3. The molecule has 0 bridgehead atoms. The molecular formula is C35H36N2O8. The Kier molecular flexibility index (Phi) is 8.94. The number of carbonyl (C=O) groups is 4. The zero-order valence-corrected chi connectivity index (χ0v) is 25.6. The minimum atomic E-state index is -1.01. The first-order valence-corrected chi connectivity index (χ1v) is 14.7. The third-order valence-electron chi connectivity index (χ3n) is 7.82. The van der Waals surface area contributed by atoms with Crippen LogP contribution in [0.15, 0.2) is 96.1 Å². The Hall–Kier alpha value is -5.12. The van der Waals surface area contributed by atoms with E-state index in [0.29, 0.717) is 12.1 Å². The lowest BCUT2D eigenvalue weighted by Gasteiger charge is -2.27. The molecule has 2 aromatic carbocycles. The van der Waals surface area contributed by atoms with E-state index in [4.69, 9.17) is 18.9 Å². The van der Waals surface area contributed by atoms with Crippen LogP contribution in [0.3, 0.4) is 0 Å². The number of amides is 2. The molecule has 3 unspecified atom stereocenters. The molecule has 3 aliphatic rings. The van der Waals surface area contributed by atoms with Gasteiger partial charge in [0, 0.05) is 5.69 Å². The van der Waals surface area contributed by atoms with E-state index in [9.17, 15) is 19.2 Å². The first-order chi connectivity index (χ1) is 21.4. The second-order valence-electron chi connectivity index (χ2n) is 12.1. The molecule has 45 heavy (non-hydrogen) atoms. The molecule has 10 nitrogen and oxygen atoms in total. The zero-order chi connectivity index (χ0) is 32.2. The molecule has 10 heteroatoms. The monoisotopic (exact) mass is 612 g/mol. The number of allylic oxidation sites excluding steroid dienone is 6. The number of hydrogen-bond acceptors (Lipinski definition) is 8. The summed E-state index contributed by atoms with van der Waals surface area (Å²) in [6.07, 6.45) is 7.14. The summed E-state index contributed by atoms with van der Waals surface area (Å²) in [5, 5.41) is 5.76. The highest BCUT2D eigenvalue weighted by Crippen LogP contribution is 2.36. The standard InChI is InChI=1S/C35H36N2O8/c1-22(25-8-6-5-7-9-25)16-24-17-26(14-15-35(4,19-24)37-31(39)29-21-43-33(41)45-29)34(2,3)18-23-10-12-27(13-11-23)36-30(38)28-20-42-32(40)44-28/h5-17,19,28-29H,18,20-21H2,1-4H3,(H,36,38)(H,37,39). The maximum atomic E-state index is 13.0. The van der Waals surface area contributed by atoms with Crippen molar-refractivity contribution < 1.29 is 38.1 Å². The molecule has 0 spiro atoms. The average Bonchev–Trinajstić information content (AvgIpc) is 3.60. The van der Waals surface area contributed by atoms with Crippen LogP contribution in [0.4, 0.5) is 15.3 Å². The van der Waals surface area contributed by atoms with Gasteiger partial charge in [0.15, 0.2) is 0 Å². The highest BCUT2D eigenvalue weighted by molar-refractivity contribution is 5.96. The van der Waals surface area contributed by atoms with Gasteiger partial charge in [-0.1, -0.05) is 80.6 Å². The van der Waals surface area contributed by atoms with Gasteiger partial charge >= 0.3 is 12.3 Å². The highest BCUT2D eigenvalue weighted by Gasteiger charge is 2.36. The summed E-state index contributed by atoms with van der Waals surface area (Å²) in [6, 6.07) is 17.6. The Balaban J connectivity index is 1.37. The number of anilines is 1. The van der Waals surface area contributed by atoms with E-state index < -0.39 is 41.9 Å². The van der Waals surface area contributed by atoms with Crippen LogP contribution in [0.5, 0.6) is 0 Å². The Bertz CT molecular complexity index is 1600. The van der Waals surface area contributed by atoms with E-state index in [2.05, 4.69) is 36.6 Å². The largest absolute Gasteiger partial charge is 0.509 e. The summed E-state index contributed by atoms with van der Waals surface area (Å²) in [5.74, 6) is -0.893. The van der Waals surface area contributed by atoms with Crippen molar-refractivity contribution in [2.75, 3.05) is 18.5 Å². The molecule has 2 aromatic rings. The summed E-state index contributed by atoms with van der Waals surface area (Å²) in [6.45, 7) is 7.99. The molecule has 2 fully saturated rings. The summed E-state index contributed by atoms with van der Waals surface area (Å²) in [7, 11) is 0. The van der Waals surface area contributed by atoms with E-state index in [1.54, 1.807) is 0 Å². The third kappa shape index (κ3) is 7.89. The molecule has 2 aliphatic heterocycles. The maximum Gasteiger partial charge on any atom is 0.509 e. The first kappa shape index (κ1) is 31.3. The maximum absolute atomic E-state index is 13.0. The summed E-state index contributed by atoms with van der Waals surface area (Å²) >= 11 is 0. The third-order valence-corrected chi connectivity index (χ3v) is 7.82. The zero-order valence-electron chi connectivity index (χ0n) is 25.6. The van der Waals surface area contributed by atoms with Crippen LogP contribution >= 0.6 is 0 Å². The molecule has 0 aromatic heterocycles. The van der Waals surface area contributed by atoms with Gasteiger partial charge in [0.25, 0.3) is 11.8 Å². The molecule has 0 saturated carbocycles. The predicted molar refractivity (Wildman–Crippen MR) is 167 cm³/mol. The van der Waals surface area contributed by atoms with Gasteiger partial charge in [0.2, 0.25) is 12.2 Å². The Morgan fingerprint density at radius 1 is 0.933 bits per heavy atom. The normalized spacial score (nSPS) is 23.1. The van der Waals surface area contributed by atoms with Crippen molar-refractivity contribution in [3.8, 4) is 0 Å². The number of nitrogens with one attached hydrogen (secondary N) is 2. The first-order valence-electron chi connectivity index (χ1n) is 14.7. The molecule has 2 amide bonds. The molecule has 3 atom stereocenters. The van der Waals surface area contributed by atoms with Gasteiger partial charge in [-0.3, -0.25) is 9.59 Å². The van der Waals surface area contributed by atoms with Crippen molar-refractivity contribution in [3.63, 3.8) is 0 Å². The number of hydrogen-bond donors (Lipinski definition) is 2. The number of benzene rings is 2. The molecule has 234 valence electrons. The lowest BCUT2D eigenvalue weighted by atomic mass is 9.77. The minimum Gasteiger partial charge on any atom is -0.430 e. The molecule has 0 radical (unpaired) electrons. The van der Waals surface area contributed by atoms with Gasteiger partial charge in [0.1, 0.15) is 13.2 Å². The lowest BCUT2D eigenvalue weighted by molar-refractivity contribution is -0.128. The average molecular weight is 613 g/mol. The van der Waals surface area contributed by atoms with Gasteiger partial charge in [0.05, 0.1) is 5.54 Å². The Morgan fingerprint density at radius 2 is 1.56 bits per heavy atom. The summed E-state index contributed by atoms with van der Waals surface area (Å²) in [4.78, 5) is 48.0. The van der Waals surface area contributed by atoms with Crippen LogP contribution in [0.25, 0.3) is 5.57 Å². The van der Waals surface area contributed by atoms with Crippen LogP contribution in [-0.4, -0.2) is 55.1 Å². The molecule has 5 rings (SSSR count). The number of ether oxygens (including phenoxy) is 4. The number of carbonyl (C=O) groups excluding carboxylic acids is 4. The van der Waals surface area contributed by atoms with Crippen molar-refractivity contribution >= 4 is 35.4 Å². The fraction of sp³-hybridized carbons (Fsp3) is 0.314. The Morgan fingerprint density at radius 3 is 2.16 bits per heavy atom. The van der Waals surface area contributed by atoms with Crippen molar-refractivity contribution in [3.05, 3.63) is 107 Å². The lowest BCUT2D eigenvalue weighted by Crippen LogP contribution is -2.48. The predicted octanol–water partition coefficient (Wildman–Crippen LogP) is 5.67. The van der Waals surface area contributed by atoms with Crippen LogP contribution < -0.4 is 10.6 Å². The molecular weight excluding hydrogens is 576 g/mol. The minimum absolute atomic E-state index is 0.110. The van der Waals surface area contributed by atoms with Gasteiger partial charge < -0.3 is 29.6 Å². The SMILES string of the molecule is CC(=CC1=CC(C)(NC(=O)C2COC(=O)O2)C=CC(C(C)(C)Cc2ccc(NC(=O)C3COC(=O)O3)cc2)=C1)c1ccccc1. The van der Waals surface area contributed by atoms with Gasteiger partial charge in [-0.25, -0.2) is 9.59 Å². The number of rotatable bonds is 9. The van der Waals surface area contributed by atoms with Gasteiger partial charge in [-0.2, -0.15) is 0 Å². The fourth-order valence-corrected chi connectivity index (χ4v) is 5.34. The van der Waals surface area contributed by atoms with Crippen LogP contribution in [0.1, 0.15) is 38.8 Å². The van der Waals surface area contributed by atoms with E-state index >= 15 is 0 Å². The van der Waals surface area contributed by atoms with E-state index in [-0.39, 0.29) is 18.6 Å². The summed E-state index contributed by atoms with van der Waals surface area (Å²) in [5.41, 5.74) is 4.48. The fourth-order valence-electron chi connectivity index (χ4n) is 5.34. The molecule has 1 aliphatic carbocycles. The van der Waals surface area contributed by atoms with Crippen LogP contribution in [0.2, 0.25) is 0 Å². The van der Waals surface area contributed by atoms with Crippen molar-refractivity contribution in [2.24, 2.45) is 5.41 Å². The van der Waals surface area contributed by atoms with Crippen molar-refractivity contribution in [1.82, 2.24) is 5.32 Å². The second-order valence-corrected chi connectivity index (χ2v) is 12.1. The van der Waals surface area contributed by atoms with Crippen LogP contribution in [0, 0.1) is 5.41 Å². The van der Waals surface area contributed by atoms with E-state index in [1.165, 1.54) is 0 Å². The highest BCUT2D eigenvalue weighted by atomic mass is 16.8. The molecule has 2 heterocycles. The van der Waals surface area contributed by atoms with Gasteiger partial charge in [-0.05, 0) is 71.7 Å². The Labute approximate surface area is 261 Å². The molecule has 2 N–H and O–H groups in total. The van der Waals surface area contributed by atoms with E-state index in [1.807, 2.05) is 86.7 Å². The topological polar surface area (TPSA) is 129 Å². The smallest absolute Gasteiger partial charge is 0.430 e. The van der Waals surface area contributed by atoms with E-state index in [0.717, 1.165) is 27.8 Å². The van der Waals surface area contributed by atoms with Crippen molar-refractivity contribution in [1.29, 1.82) is 0 Å². The number of cyclic esters (lactones) is 4. The quantitative estimate of drug-likeness (QED) is 0.347. The van der Waals surface area contributed by atoms with Crippen LogP contribution in [-0.2, 0) is 35.0 Å². The van der Waals surface area contributed by atoms with Gasteiger partial charge in [-0.15, -0.1) is 0 Å². The molecule has 2 saturated heterocycles.